The largest absolute Gasteiger partial charge is 0.469 e. The molecule has 0 amide bonds. The number of likely N-dealkylation sites (N-methyl/N-ethyl adjacent to an activating group) is 1. The molecule has 4 nitrogen and oxygen atoms in total. The number of hydrogen-bond acceptors (Lipinski definition) is 4. The van der Waals surface area contributed by atoms with E-state index in [1.54, 1.807) is 6.26 Å². The molecule has 0 aliphatic carbocycles. The van der Waals surface area contributed by atoms with Crippen LogP contribution in [0.25, 0.3) is 0 Å². The van der Waals surface area contributed by atoms with Crippen molar-refractivity contribution < 1.29 is 4.42 Å². The third-order valence-electron chi connectivity index (χ3n) is 3.07. The van der Waals surface area contributed by atoms with Crippen molar-refractivity contribution in [2.45, 2.75) is 32.7 Å². The molecule has 0 aliphatic heterocycles. The van der Waals surface area contributed by atoms with Gasteiger partial charge in [-0.15, -0.1) is 0 Å². The molecule has 0 radical (unpaired) electrons. The van der Waals surface area contributed by atoms with Crippen molar-refractivity contribution in [3.8, 4) is 0 Å². The molecule has 4 heteroatoms. The summed E-state index contributed by atoms with van der Waals surface area (Å²) >= 11 is 0. The summed E-state index contributed by atoms with van der Waals surface area (Å²) < 4.78 is 5.42. The highest BCUT2D eigenvalue weighted by Gasteiger charge is 2.16. The Bertz CT molecular complexity index is 494. The van der Waals surface area contributed by atoms with E-state index in [2.05, 4.69) is 28.5 Å². The standard InChI is InChI=1S/C14H19N3O/c1-4-13-12(8-10(2)16-17-13)14(15-3)9-11-6-5-7-18-11/h5-8,14-15H,4,9H2,1-3H3. The highest BCUT2D eigenvalue weighted by molar-refractivity contribution is 5.26. The van der Waals surface area contributed by atoms with Crippen LogP contribution in [0.2, 0.25) is 0 Å². The Hall–Kier alpha value is -1.68. The number of rotatable bonds is 5. The fourth-order valence-electron chi connectivity index (χ4n) is 2.11. The molecule has 0 spiro atoms. The summed E-state index contributed by atoms with van der Waals surface area (Å²) in [6.07, 6.45) is 3.42. The molecular weight excluding hydrogens is 226 g/mol. The third kappa shape index (κ3) is 2.76. The second kappa shape index (κ2) is 5.78. The Labute approximate surface area is 107 Å². The van der Waals surface area contributed by atoms with Crippen LogP contribution in [0.4, 0.5) is 0 Å². The van der Waals surface area contributed by atoms with Gasteiger partial charge in [-0.2, -0.15) is 10.2 Å². The van der Waals surface area contributed by atoms with E-state index in [9.17, 15) is 0 Å². The monoisotopic (exact) mass is 245 g/mol. The van der Waals surface area contributed by atoms with Gasteiger partial charge in [0.1, 0.15) is 5.76 Å². The molecule has 2 rings (SSSR count). The molecule has 1 N–H and O–H groups in total. The van der Waals surface area contributed by atoms with E-state index in [-0.39, 0.29) is 6.04 Å². The molecule has 0 fully saturated rings. The zero-order valence-corrected chi connectivity index (χ0v) is 11.1. The predicted molar refractivity (Wildman–Crippen MR) is 70.4 cm³/mol. The first-order chi connectivity index (χ1) is 8.74. The predicted octanol–water partition coefficient (Wildman–Crippen LogP) is 2.44. The average molecular weight is 245 g/mol. The first-order valence-electron chi connectivity index (χ1n) is 6.27. The molecular formula is C14H19N3O. The van der Waals surface area contributed by atoms with Gasteiger partial charge in [0.2, 0.25) is 0 Å². The second-order valence-corrected chi connectivity index (χ2v) is 4.37. The van der Waals surface area contributed by atoms with E-state index in [0.29, 0.717) is 0 Å². The summed E-state index contributed by atoms with van der Waals surface area (Å²) in [4.78, 5) is 0. The maximum Gasteiger partial charge on any atom is 0.105 e. The van der Waals surface area contributed by atoms with Crippen molar-refractivity contribution in [3.63, 3.8) is 0 Å². The number of hydrogen-bond donors (Lipinski definition) is 1. The van der Waals surface area contributed by atoms with Crippen LogP contribution in [-0.2, 0) is 12.8 Å². The molecule has 2 heterocycles. The van der Waals surface area contributed by atoms with Crippen LogP contribution in [0.1, 0.15) is 35.7 Å². The van der Waals surface area contributed by atoms with Crippen molar-refractivity contribution in [1.82, 2.24) is 15.5 Å². The van der Waals surface area contributed by atoms with Gasteiger partial charge in [-0.25, -0.2) is 0 Å². The van der Waals surface area contributed by atoms with E-state index in [1.165, 1.54) is 5.56 Å². The molecule has 0 bridgehead atoms. The molecule has 2 aromatic heterocycles. The van der Waals surface area contributed by atoms with Gasteiger partial charge in [0.25, 0.3) is 0 Å². The minimum Gasteiger partial charge on any atom is -0.469 e. The zero-order chi connectivity index (χ0) is 13.0. The Morgan fingerprint density at radius 3 is 2.83 bits per heavy atom. The smallest absolute Gasteiger partial charge is 0.105 e. The Balaban J connectivity index is 2.28. The Morgan fingerprint density at radius 2 is 2.22 bits per heavy atom. The van der Waals surface area contributed by atoms with Crippen LogP contribution in [0.3, 0.4) is 0 Å². The molecule has 0 aliphatic rings. The fourth-order valence-corrected chi connectivity index (χ4v) is 2.11. The maximum atomic E-state index is 5.42. The van der Waals surface area contributed by atoms with Gasteiger partial charge in [0, 0.05) is 12.5 Å². The third-order valence-corrected chi connectivity index (χ3v) is 3.07. The number of aryl methyl sites for hydroxylation is 2. The second-order valence-electron chi connectivity index (χ2n) is 4.37. The molecule has 2 aromatic rings. The lowest BCUT2D eigenvalue weighted by atomic mass is 9.99. The summed E-state index contributed by atoms with van der Waals surface area (Å²) in [5, 5.41) is 11.7. The summed E-state index contributed by atoms with van der Waals surface area (Å²) in [5.41, 5.74) is 3.21. The zero-order valence-electron chi connectivity index (χ0n) is 11.1. The van der Waals surface area contributed by atoms with Gasteiger partial charge >= 0.3 is 0 Å². The SMILES string of the molecule is CCc1nnc(C)cc1C(Cc1ccco1)NC. The molecule has 0 saturated carbocycles. The van der Waals surface area contributed by atoms with E-state index in [1.807, 2.05) is 26.1 Å². The molecule has 0 aromatic carbocycles. The number of nitrogens with zero attached hydrogens (tertiary/aromatic N) is 2. The topological polar surface area (TPSA) is 51.0 Å². The molecule has 1 unspecified atom stereocenters. The van der Waals surface area contributed by atoms with Gasteiger partial charge in [0.05, 0.1) is 17.7 Å². The first-order valence-corrected chi connectivity index (χ1v) is 6.27. The van der Waals surface area contributed by atoms with Gasteiger partial charge in [-0.1, -0.05) is 6.92 Å². The van der Waals surface area contributed by atoms with Crippen molar-refractivity contribution in [1.29, 1.82) is 0 Å². The number of nitrogens with one attached hydrogen (secondary N) is 1. The highest BCUT2D eigenvalue weighted by atomic mass is 16.3. The molecule has 1 atom stereocenters. The van der Waals surface area contributed by atoms with Crippen LogP contribution in [0, 0.1) is 6.92 Å². The Morgan fingerprint density at radius 1 is 1.39 bits per heavy atom. The summed E-state index contributed by atoms with van der Waals surface area (Å²) in [6.45, 7) is 4.07. The lowest BCUT2D eigenvalue weighted by Gasteiger charge is -2.18. The van der Waals surface area contributed by atoms with E-state index < -0.39 is 0 Å². The molecule has 0 saturated heterocycles. The van der Waals surface area contributed by atoms with Crippen molar-refractivity contribution >= 4 is 0 Å². The van der Waals surface area contributed by atoms with Crippen LogP contribution in [0.15, 0.2) is 28.9 Å². The van der Waals surface area contributed by atoms with Crippen LogP contribution in [-0.4, -0.2) is 17.2 Å². The molecule has 18 heavy (non-hydrogen) atoms. The minimum atomic E-state index is 0.209. The summed E-state index contributed by atoms with van der Waals surface area (Å²) in [6, 6.07) is 6.23. The quantitative estimate of drug-likeness (QED) is 0.879. The number of furan rings is 1. The van der Waals surface area contributed by atoms with E-state index in [4.69, 9.17) is 4.42 Å². The maximum absolute atomic E-state index is 5.42. The number of aromatic nitrogens is 2. The fraction of sp³-hybridized carbons (Fsp3) is 0.429. The minimum absolute atomic E-state index is 0.209. The van der Waals surface area contributed by atoms with E-state index in [0.717, 1.165) is 30.0 Å². The average Bonchev–Trinajstić information content (AvgIpc) is 2.88. The Kier molecular flexibility index (Phi) is 4.10. The van der Waals surface area contributed by atoms with Gasteiger partial charge in [0.15, 0.2) is 0 Å². The van der Waals surface area contributed by atoms with Crippen LogP contribution in [0.5, 0.6) is 0 Å². The van der Waals surface area contributed by atoms with Gasteiger partial charge in [-0.05, 0) is 44.2 Å². The van der Waals surface area contributed by atoms with Crippen molar-refractivity contribution in [3.05, 3.63) is 47.2 Å². The van der Waals surface area contributed by atoms with Crippen molar-refractivity contribution in [2.75, 3.05) is 7.05 Å². The van der Waals surface area contributed by atoms with Crippen LogP contribution >= 0.6 is 0 Å². The van der Waals surface area contributed by atoms with Crippen LogP contribution < -0.4 is 5.32 Å². The van der Waals surface area contributed by atoms with E-state index >= 15 is 0 Å². The van der Waals surface area contributed by atoms with Crippen molar-refractivity contribution in [2.24, 2.45) is 0 Å². The summed E-state index contributed by atoms with van der Waals surface area (Å²) in [7, 11) is 1.96. The summed E-state index contributed by atoms with van der Waals surface area (Å²) in [5.74, 6) is 0.978. The lowest BCUT2D eigenvalue weighted by molar-refractivity contribution is 0.463. The normalized spacial score (nSPS) is 12.6. The molecule has 96 valence electrons. The van der Waals surface area contributed by atoms with Gasteiger partial charge in [-0.3, -0.25) is 0 Å². The highest BCUT2D eigenvalue weighted by Crippen LogP contribution is 2.21. The first kappa shape index (κ1) is 12.8. The lowest BCUT2D eigenvalue weighted by Crippen LogP contribution is -2.21. The van der Waals surface area contributed by atoms with Gasteiger partial charge < -0.3 is 9.73 Å².